The number of amides is 2. The van der Waals surface area contributed by atoms with Gasteiger partial charge in [0.15, 0.2) is 11.5 Å². The zero-order valence-corrected chi connectivity index (χ0v) is 20.6. The first kappa shape index (κ1) is 25.2. The molecular weight excluding hydrogens is 462 g/mol. The van der Waals surface area contributed by atoms with E-state index in [9.17, 15) is 19.5 Å². The second kappa shape index (κ2) is 10.8. The smallest absolute Gasteiger partial charge is 0.257 e. The second-order valence-corrected chi connectivity index (χ2v) is 9.15. The zero-order chi connectivity index (χ0) is 25.8. The highest BCUT2D eigenvalue weighted by Crippen LogP contribution is 2.35. The summed E-state index contributed by atoms with van der Waals surface area (Å²) in [5.41, 5.74) is 1.09. The van der Waals surface area contributed by atoms with Crippen LogP contribution in [0.25, 0.3) is 10.9 Å². The van der Waals surface area contributed by atoms with Gasteiger partial charge in [-0.05, 0) is 30.9 Å². The van der Waals surface area contributed by atoms with Crippen molar-refractivity contribution < 1.29 is 24.2 Å². The Bertz CT molecular complexity index is 1320. The number of benzene rings is 2. The summed E-state index contributed by atoms with van der Waals surface area (Å²) in [7, 11) is 0. The van der Waals surface area contributed by atoms with Crippen LogP contribution in [0.5, 0.6) is 11.5 Å². The molecule has 3 N–H and O–H groups in total. The Morgan fingerprint density at radius 3 is 2.42 bits per heavy atom. The maximum absolute atomic E-state index is 13.3. The van der Waals surface area contributed by atoms with Crippen molar-refractivity contribution in [1.82, 2.24) is 15.2 Å². The minimum absolute atomic E-state index is 0.0651. The highest BCUT2D eigenvalue weighted by atomic mass is 16.7. The number of fused-ring (bicyclic) bond motifs is 2. The molecule has 9 heteroatoms. The largest absolute Gasteiger partial charge is 0.454 e. The first-order valence-electron chi connectivity index (χ1n) is 12.0. The Morgan fingerprint density at radius 1 is 1.08 bits per heavy atom. The average molecular weight is 494 g/mol. The quantitative estimate of drug-likeness (QED) is 0.421. The highest BCUT2D eigenvalue weighted by Gasteiger charge is 2.28. The Morgan fingerprint density at radius 2 is 1.78 bits per heavy atom. The maximum Gasteiger partial charge on any atom is 0.257 e. The van der Waals surface area contributed by atoms with Crippen molar-refractivity contribution in [2.75, 3.05) is 13.4 Å². The van der Waals surface area contributed by atoms with Crippen LogP contribution in [0.3, 0.4) is 0 Å². The topological polar surface area (TPSA) is 119 Å². The van der Waals surface area contributed by atoms with E-state index in [-0.39, 0.29) is 24.9 Å². The van der Waals surface area contributed by atoms with Gasteiger partial charge in [-0.2, -0.15) is 0 Å². The highest BCUT2D eigenvalue weighted by molar-refractivity contribution is 6.00. The Hall–Kier alpha value is -3.85. The van der Waals surface area contributed by atoms with Gasteiger partial charge in [0.25, 0.3) is 5.91 Å². The lowest BCUT2D eigenvalue weighted by molar-refractivity contribution is -0.125. The van der Waals surface area contributed by atoms with E-state index in [1.54, 1.807) is 30.5 Å². The molecule has 0 saturated heterocycles. The van der Waals surface area contributed by atoms with E-state index < -0.39 is 29.3 Å². The molecule has 0 aliphatic carbocycles. The molecule has 2 heterocycles. The molecule has 0 spiro atoms. The van der Waals surface area contributed by atoms with Crippen molar-refractivity contribution in [3.8, 4) is 11.5 Å². The van der Waals surface area contributed by atoms with Crippen molar-refractivity contribution in [1.29, 1.82) is 0 Å². The van der Waals surface area contributed by atoms with Gasteiger partial charge in [0, 0.05) is 18.8 Å². The minimum Gasteiger partial charge on any atom is -0.454 e. The van der Waals surface area contributed by atoms with Crippen LogP contribution >= 0.6 is 0 Å². The van der Waals surface area contributed by atoms with Crippen LogP contribution < -0.4 is 25.5 Å². The van der Waals surface area contributed by atoms with Gasteiger partial charge >= 0.3 is 0 Å². The van der Waals surface area contributed by atoms with E-state index in [0.29, 0.717) is 35.4 Å². The van der Waals surface area contributed by atoms with Crippen molar-refractivity contribution >= 4 is 22.7 Å². The van der Waals surface area contributed by atoms with Crippen LogP contribution in [0.1, 0.15) is 36.7 Å². The lowest BCUT2D eigenvalue weighted by Crippen LogP contribution is -2.53. The van der Waals surface area contributed by atoms with Crippen LogP contribution in [0, 0.1) is 5.92 Å². The molecule has 4 rings (SSSR count). The Labute approximate surface area is 209 Å². The molecule has 2 amide bonds. The molecule has 0 fully saturated rings. The predicted molar refractivity (Wildman–Crippen MR) is 135 cm³/mol. The van der Waals surface area contributed by atoms with Crippen LogP contribution in [0.2, 0.25) is 0 Å². The number of aromatic nitrogens is 1. The molecule has 1 aliphatic rings. The van der Waals surface area contributed by atoms with E-state index in [1.165, 1.54) is 6.20 Å². The molecule has 0 bridgehead atoms. The third-order valence-electron chi connectivity index (χ3n) is 6.29. The maximum atomic E-state index is 13.3. The fourth-order valence-corrected chi connectivity index (χ4v) is 4.31. The zero-order valence-electron chi connectivity index (χ0n) is 20.6. The van der Waals surface area contributed by atoms with Crippen molar-refractivity contribution in [3.63, 3.8) is 0 Å². The summed E-state index contributed by atoms with van der Waals surface area (Å²) in [6.45, 7) is 5.86. The van der Waals surface area contributed by atoms with Crippen molar-refractivity contribution in [2.24, 2.45) is 5.92 Å². The second-order valence-electron chi connectivity index (χ2n) is 9.15. The van der Waals surface area contributed by atoms with Gasteiger partial charge in [0.05, 0.1) is 23.6 Å². The minimum atomic E-state index is -0.899. The van der Waals surface area contributed by atoms with Gasteiger partial charge in [-0.25, -0.2) is 0 Å². The normalized spacial score (nSPS) is 14.0. The van der Waals surface area contributed by atoms with E-state index in [2.05, 4.69) is 10.6 Å². The van der Waals surface area contributed by atoms with E-state index in [1.807, 2.05) is 37.3 Å². The van der Waals surface area contributed by atoms with Gasteiger partial charge in [-0.3, -0.25) is 14.4 Å². The third-order valence-corrected chi connectivity index (χ3v) is 6.29. The fraction of sp³-hybridized carbons (Fsp3) is 0.370. The fourth-order valence-electron chi connectivity index (χ4n) is 4.31. The van der Waals surface area contributed by atoms with E-state index in [4.69, 9.17) is 9.47 Å². The van der Waals surface area contributed by atoms with Gasteiger partial charge in [-0.15, -0.1) is 0 Å². The van der Waals surface area contributed by atoms with Crippen LogP contribution in [-0.4, -0.2) is 47.0 Å². The molecule has 2 aromatic carbocycles. The Balaban J connectivity index is 1.57. The third kappa shape index (κ3) is 5.21. The Kier molecular flexibility index (Phi) is 7.59. The molecule has 190 valence electrons. The number of aliphatic hydroxyl groups excluding tert-OH is 1. The molecule has 9 nitrogen and oxygen atoms in total. The number of aryl methyl sites for hydroxylation is 1. The molecule has 2 atom stereocenters. The number of carbonyl (C=O) groups is 2. The van der Waals surface area contributed by atoms with Crippen LogP contribution in [0.15, 0.2) is 53.5 Å². The summed E-state index contributed by atoms with van der Waals surface area (Å²) in [5, 5.41) is 15.7. The lowest BCUT2D eigenvalue weighted by atomic mass is 10.0. The molecule has 36 heavy (non-hydrogen) atoms. The van der Waals surface area contributed by atoms with E-state index in [0.717, 1.165) is 5.56 Å². The number of pyridine rings is 1. The molecule has 0 radical (unpaired) electrons. The van der Waals surface area contributed by atoms with Gasteiger partial charge < -0.3 is 29.8 Å². The number of carbonyl (C=O) groups excluding carboxylic acids is 2. The molecule has 2 unspecified atom stereocenters. The average Bonchev–Trinajstić information content (AvgIpc) is 3.34. The summed E-state index contributed by atoms with van der Waals surface area (Å²) in [6, 6.07) is 11.4. The number of hydrogen-bond donors (Lipinski definition) is 3. The van der Waals surface area contributed by atoms with Crippen molar-refractivity contribution in [2.45, 2.75) is 45.8 Å². The van der Waals surface area contributed by atoms with Crippen molar-refractivity contribution in [3.05, 3.63) is 70.0 Å². The molecule has 1 aliphatic heterocycles. The van der Waals surface area contributed by atoms with Gasteiger partial charge in [-0.1, -0.05) is 44.2 Å². The first-order valence-corrected chi connectivity index (χ1v) is 12.0. The first-order chi connectivity index (χ1) is 17.3. The molecular formula is C27H31N3O6. The number of aliphatic hydroxyl groups is 1. The number of hydrogen-bond acceptors (Lipinski definition) is 6. The molecule has 3 aromatic rings. The van der Waals surface area contributed by atoms with Gasteiger partial charge in [0.1, 0.15) is 11.6 Å². The van der Waals surface area contributed by atoms with Gasteiger partial charge in [0.2, 0.25) is 18.1 Å². The molecule has 1 aromatic heterocycles. The number of rotatable bonds is 9. The summed E-state index contributed by atoms with van der Waals surface area (Å²) in [5.74, 6) is -0.320. The summed E-state index contributed by atoms with van der Waals surface area (Å²) in [4.78, 5) is 39.7. The standard InChI is InChI=1S/C27H31N3O6/c1-4-30-13-20(25(32)19-11-22-23(12-21(19)30)36-15-35-22)26(33)29-24(16(2)3)27(34)28-18(14-31)10-17-8-6-5-7-9-17/h5-9,11-13,16,18,24,31H,4,10,14-15H2,1-3H3,(H,28,34)(H,29,33). The monoisotopic (exact) mass is 493 g/mol. The number of nitrogens with one attached hydrogen (secondary N) is 2. The molecule has 0 saturated carbocycles. The lowest BCUT2D eigenvalue weighted by Gasteiger charge is -2.25. The summed E-state index contributed by atoms with van der Waals surface area (Å²) in [6.07, 6.45) is 1.95. The number of ether oxygens (including phenoxy) is 2. The van der Waals surface area contributed by atoms with Crippen LogP contribution in [-0.2, 0) is 17.8 Å². The summed E-state index contributed by atoms with van der Waals surface area (Å²) < 4.78 is 12.6. The van der Waals surface area contributed by atoms with Crippen LogP contribution in [0.4, 0.5) is 0 Å². The SMILES string of the molecule is CCn1cc(C(=O)NC(C(=O)NC(CO)Cc2ccccc2)C(C)C)c(=O)c2cc3c(cc21)OCO3. The van der Waals surface area contributed by atoms with E-state index >= 15 is 0 Å². The predicted octanol–water partition coefficient (Wildman–Crippen LogP) is 2.22. The number of nitrogens with zero attached hydrogens (tertiary/aromatic N) is 1. The summed E-state index contributed by atoms with van der Waals surface area (Å²) >= 11 is 0.